The highest BCUT2D eigenvalue weighted by molar-refractivity contribution is 5.79. The number of hydrogen-bond acceptors (Lipinski definition) is 4. The van der Waals surface area contributed by atoms with Gasteiger partial charge in [0.1, 0.15) is 5.60 Å². The number of alkyl carbamates (subject to hydrolysis) is 1. The van der Waals surface area contributed by atoms with Crippen molar-refractivity contribution in [3.05, 3.63) is 0 Å². The van der Waals surface area contributed by atoms with Crippen LogP contribution in [0.2, 0.25) is 0 Å². The Morgan fingerprint density at radius 3 is 2.52 bits per heavy atom. The average Bonchev–Trinajstić information content (AvgIpc) is 2.50. The predicted molar refractivity (Wildman–Crippen MR) is 97.0 cm³/mol. The number of rotatable bonds is 4. The molecule has 0 spiro atoms. The maximum atomic E-state index is 12.2. The Morgan fingerprint density at radius 2 is 1.96 bits per heavy atom. The molecule has 1 aliphatic heterocycles. The molecule has 0 unspecified atom stereocenters. The van der Waals surface area contributed by atoms with Gasteiger partial charge in [0.25, 0.3) is 0 Å². The molecule has 0 aromatic rings. The van der Waals surface area contributed by atoms with Crippen LogP contribution in [-0.2, 0) is 9.53 Å². The van der Waals surface area contributed by atoms with Gasteiger partial charge in [-0.3, -0.25) is 9.69 Å². The summed E-state index contributed by atoms with van der Waals surface area (Å²) in [5, 5.41) is 2.96. The lowest BCUT2D eigenvalue weighted by Gasteiger charge is -2.37. The Kier molecular flexibility index (Phi) is 6.71. The molecule has 0 bridgehead atoms. The van der Waals surface area contributed by atoms with Gasteiger partial charge in [0, 0.05) is 25.7 Å². The first-order valence-corrected chi connectivity index (χ1v) is 9.20. The van der Waals surface area contributed by atoms with E-state index >= 15 is 0 Å². The maximum absolute atomic E-state index is 12.2. The molecule has 0 aromatic heterocycles. The predicted octanol–water partition coefficient (Wildman–Crippen LogP) is 1.85. The molecule has 6 heteroatoms. The van der Waals surface area contributed by atoms with Gasteiger partial charge < -0.3 is 15.0 Å². The van der Waals surface area contributed by atoms with Gasteiger partial charge in [-0.05, 0) is 52.4 Å². The number of carbonyl (C=O) groups excluding carboxylic acids is 2. The van der Waals surface area contributed by atoms with E-state index in [9.17, 15) is 9.59 Å². The lowest BCUT2D eigenvalue weighted by molar-refractivity contribution is -0.136. The lowest BCUT2D eigenvalue weighted by Crippen LogP contribution is -2.52. The summed E-state index contributed by atoms with van der Waals surface area (Å²) in [5.41, 5.74) is -0.469. The molecular formula is C19H31N3O3. The second-order valence-corrected chi connectivity index (χ2v) is 8.12. The van der Waals surface area contributed by atoms with Crippen molar-refractivity contribution in [2.24, 2.45) is 5.92 Å². The first-order valence-electron chi connectivity index (χ1n) is 9.20. The fourth-order valence-corrected chi connectivity index (χ4v) is 3.49. The summed E-state index contributed by atoms with van der Waals surface area (Å²) in [5.74, 6) is 3.29. The third kappa shape index (κ3) is 6.58. The third-order valence-electron chi connectivity index (χ3n) is 4.76. The number of amides is 2. The zero-order valence-corrected chi connectivity index (χ0v) is 15.7. The van der Waals surface area contributed by atoms with Crippen molar-refractivity contribution >= 4 is 12.0 Å². The van der Waals surface area contributed by atoms with Crippen molar-refractivity contribution in [1.29, 1.82) is 0 Å². The van der Waals surface area contributed by atoms with E-state index in [1.807, 2.05) is 30.6 Å². The van der Waals surface area contributed by atoms with E-state index in [4.69, 9.17) is 11.2 Å². The van der Waals surface area contributed by atoms with Crippen LogP contribution in [0.4, 0.5) is 4.79 Å². The van der Waals surface area contributed by atoms with Crippen LogP contribution in [0.5, 0.6) is 0 Å². The lowest BCUT2D eigenvalue weighted by atomic mass is 9.85. The summed E-state index contributed by atoms with van der Waals surface area (Å²) in [6, 6.07) is 0.175. The Labute approximate surface area is 151 Å². The first kappa shape index (κ1) is 19.6. The molecule has 0 radical (unpaired) electrons. The van der Waals surface area contributed by atoms with E-state index in [2.05, 4.69) is 11.2 Å². The molecule has 1 aliphatic carbocycles. The summed E-state index contributed by atoms with van der Waals surface area (Å²) in [4.78, 5) is 28.1. The molecule has 2 amide bonds. The average molecular weight is 349 g/mol. The quantitative estimate of drug-likeness (QED) is 0.787. The van der Waals surface area contributed by atoms with Gasteiger partial charge in [-0.15, -0.1) is 6.42 Å². The van der Waals surface area contributed by atoms with Crippen LogP contribution in [0.15, 0.2) is 0 Å². The molecule has 2 rings (SSSR count). The number of nitrogens with zero attached hydrogens (tertiary/aromatic N) is 2. The van der Waals surface area contributed by atoms with Crippen LogP contribution in [0.1, 0.15) is 46.5 Å². The Morgan fingerprint density at radius 1 is 1.28 bits per heavy atom. The Bertz CT molecular complexity index is 513. The van der Waals surface area contributed by atoms with Gasteiger partial charge in [-0.25, -0.2) is 4.79 Å². The van der Waals surface area contributed by atoms with Crippen LogP contribution in [0.3, 0.4) is 0 Å². The highest BCUT2D eigenvalue weighted by Gasteiger charge is 2.29. The minimum absolute atomic E-state index is 0.175. The van der Waals surface area contributed by atoms with E-state index in [0.717, 1.165) is 45.3 Å². The van der Waals surface area contributed by atoms with Crippen LogP contribution < -0.4 is 5.32 Å². The largest absolute Gasteiger partial charge is 0.444 e. The minimum atomic E-state index is -0.469. The fourth-order valence-electron chi connectivity index (χ4n) is 3.49. The molecule has 0 aromatic carbocycles. The van der Waals surface area contributed by atoms with Crippen molar-refractivity contribution in [3.63, 3.8) is 0 Å². The highest BCUT2D eigenvalue weighted by Crippen LogP contribution is 2.26. The van der Waals surface area contributed by atoms with Crippen molar-refractivity contribution in [1.82, 2.24) is 15.1 Å². The number of hydrogen-bond donors (Lipinski definition) is 1. The number of piperazine rings is 1. The van der Waals surface area contributed by atoms with Crippen molar-refractivity contribution < 1.29 is 14.3 Å². The van der Waals surface area contributed by atoms with Gasteiger partial charge in [0.05, 0.1) is 13.1 Å². The summed E-state index contributed by atoms with van der Waals surface area (Å²) in [6.45, 7) is 9.00. The van der Waals surface area contributed by atoms with Crippen LogP contribution in [-0.4, -0.2) is 66.2 Å². The first-order chi connectivity index (χ1) is 11.8. The highest BCUT2D eigenvalue weighted by atomic mass is 16.6. The molecule has 1 saturated heterocycles. The molecule has 25 heavy (non-hydrogen) atoms. The topological polar surface area (TPSA) is 61.9 Å². The van der Waals surface area contributed by atoms with E-state index in [1.54, 1.807) is 0 Å². The molecule has 0 atom stereocenters. The zero-order valence-electron chi connectivity index (χ0n) is 15.7. The number of ether oxygens (including phenoxy) is 1. The van der Waals surface area contributed by atoms with Gasteiger partial charge >= 0.3 is 6.09 Å². The Balaban J connectivity index is 1.70. The molecular weight excluding hydrogens is 318 g/mol. The van der Waals surface area contributed by atoms with Crippen molar-refractivity contribution in [2.45, 2.75) is 58.1 Å². The SMILES string of the molecule is C#CCN1CCN(CC2CCC(NC(=O)OC(C)(C)C)CC2)C(=O)C1. The van der Waals surface area contributed by atoms with Gasteiger partial charge in [0.15, 0.2) is 0 Å². The van der Waals surface area contributed by atoms with Crippen LogP contribution in [0, 0.1) is 18.3 Å². The summed E-state index contributed by atoms with van der Waals surface area (Å²) in [6.07, 6.45) is 8.91. The Hall–Kier alpha value is -1.74. The van der Waals surface area contributed by atoms with Gasteiger partial charge in [0.2, 0.25) is 5.91 Å². The summed E-state index contributed by atoms with van der Waals surface area (Å²) < 4.78 is 5.31. The zero-order chi connectivity index (χ0) is 18.4. The van der Waals surface area contributed by atoms with Gasteiger partial charge in [-0.2, -0.15) is 0 Å². The maximum Gasteiger partial charge on any atom is 0.407 e. The summed E-state index contributed by atoms with van der Waals surface area (Å²) in [7, 11) is 0. The summed E-state index contributed by atoms with van der Waals surface area (Å²) >= 11 is 0. The fraction of sp³-hybridized carbons (Fsp3) is 0.789. The molecule has 1 heterocycles. The smallest absolute Gasteiger partial charge is 0.407 e. The standard InChI is InChI=1S/C19H31N3O3/c1-5-10-21-11-12-22(17(23)14-21)13-15-6-8-16(9-7-15)20-18(24)25-19(2,3)4/h1,15-16H,6-14H2,2-4H3,(H,20,24). The second kappa shape index (κ2) is 8.57. The van der Waals surface area contributed by atoms with E-state index < -0.39 is 5.60 Å². The van der Waals surface area contributed by atoms with Crippen LogP contribution in [0.25, 0.3) is 0 Å². The van der Waals surface area contributed by atoms with Gasteiger partial charge in [-0.1, -0.05) is 5.92 Å². The molecule has 6 nitrogen and oxygen atoms in total. The number of nitrogens with one attached hydrogen (secondary N) is 1. The number of terminal acetylenes is 1. The molecule has 140 valence electrons. The normalized spacial score (nSPS) is 25.4. The molecule has 2 fully saturated rings. The molecule has 1 saturated carbocycles. The van der Waals surface area contributed by atoms with Crippen LogP contribution >= 0.6 is 0 Å². The van der Waals surface area contributed by atoms with E-state index in [0.29, 0.717) is 19.0 Å². The van der Waals surface area contributed by atoms with Crippen molar-refractivity contribution in [2.75, 3.05) is 32.7 Å². The molecule has 2 aliphatic rings. The monoisotopic (exact) mass is 349 g/mol. The van der Waals surface area contributed by atoms with E-state index in [1.165, 1.54) is 0 Å². The van der Waals surface area contributed by atoms with Crippen molar-refractivity contribution in [3.8, 4) is 12.3 Å². The molecule has 1 N–H and O–H groups in total. The van der Waals surface area contributed by atoms with E-state index in [-0.39, 0.29) is 18.0 Å². The minimum Gasteiger partial charge on any atom is -0.444 e. The second-order valence-electron chi connectivity index (χ2n) is 8.12. The third-order valence-corrected chi connectivity index (χ3v) is 4.76. The number of carbonyl (C=O) groups is 2.